The van der Waals surface area contributed by atoms with E-state index in [2.05, 4.69) is 21.2 Å². The molecule has 0 bridgehead atoms. The predicted molar refractivity (Wildman–Crippen MR) is 71.8 cm³/mol. The summed E-state index contributed by atoms with van der Waals surface area (Å²) in [7, 11) is 0. The van der Waals surface area contributed by atoms with Crippen LogP contribution in [0.5, 0.6) is 0 Å². The van der Waals surface area contributed by atoms with E-state index in [9.17, 15) is 14.0 Å². The highest BCUT2D eigenvalue weighted by Gasteiger charge is 2.39. The number of carbonyl (C=O) groups is 2. The molecule has 3 amide bonds. The van der Waals surface area contributed by atoms with Gasteiger partial charge >= 0.3 is 6.03 Å². The van der Waals surface area contributed by atoms with Gasteiger partial charge in [0, 0.05) is 4.47 Å². The van der Waals surface area contributed by atoms with Crippen LogP contribution in [0.2, 0.25) is 0 Å². The molecule has 1 heterocycles. The van der Waals surface area contributed by atoms with Crippen molar-refractivity contribution in [1.29, 1.82) is 0 Å². The minimum absolute atomic E-state index is 0.0399. The van der Waals surface area contributed by atoms with Crippen molar-refractivity contribution in [1.82, 2.24) is 10.2 Å². The summed E-state index contributed by atoms with van der Waals surface area (Å²) in [4.78, 5) is 25.0. The van der Waals surface area contributed by atoms with Gasteiger partial charge in [-0.1, -0.05) is 35.8 Å². The molecule has 1 N–H and O–H groups in total. The van der Waals surface area contributed by atoms with Crippen molar-refractivity contribution in [3.63, 3.8) is 0 Å². The van der Waals surface area contributed by atoms with Gasteiger partial charge in [0.15, 0.2) is 0 Å². The highest BCUT2D eigenvalue weighted by molar-refractivity contribution is 9.10. The Kier molecular flexibility index (Phi) is 3.89. The van der Waals surface area contributed by atoms with E-state index in [0.717, 1.165) is 4.90 Å². The fourth-order valence-corrected chi connectivity index (χ4v) is 2.44. The first-order chi connectivity index (χ1) is 8.90. The van der Waals surface area contributed by atoms with Crippen molar-refractivity contribution in [2.75, 3.05) is 0 Å². The summed E-state index contributed by atoms with van der Waals surface area (Å²) in [5.41, 5.74) is 0.689. The molecule has 1 aromatic rings. The lowest BCUT2D eigenvalue weighted by Crippen LogP contribution is -2.34. The van der Waals surface area contributed by atoms with Crippen molar-refractivity contribution in [2.24, 2.45) is 5.92 Å². The van der Waals surface area contributed by atoms with Gasteiger partial charge in [-0.05, 0) is 23.6 Å². The van der Waals surface area contributed by atoms with Crippen molar-refractivity contribution in [3.05, 3.63) is 34.1 Å². The molecule has 0 radical (unpaired) electrons. The van der Waals surface area contributed by atoms with Gasteiger partial charge in [0.1, 0.15) is 11.9 Å². The van der Waals surface area contributed by atoms with Gasteiger partial charge in [0.05, 0.1) is 6.54 Å². The Labute approximate surface area is 119 Å². The number of rotatable bonds is 3. The van der Waals surface area contributed by atoms with Crippen LogP contribution in [0.3, 0.4) is 0 Å². The first kappa shape index (κ1) is 14.0. The summed E-state index contributed by atoms with van der Waals surface area (Å²) in [5, 5.41) is 2.65. The van der Waals surface area contributed by atoms with Gasteiger partial charge in [0.2, 0.25) is 0 Å². The highest BCUT2D eigenvalue weighted by Crippen LogP contribution is 2.22. The maximum atomic E-state index is 13.0. The van der Waals surface area contributed by atoms with E-state index in [4.69, 9.17) is 0 Å². The third-order valence-electron chi connectivity index (χ3n) is 3.07. The zero-order chi connectivity index (χ0) is 14.2. The Balaban J connectivity index is 2.19. The monoisotopic (exact) mass is 328 g/mol. The number of carbonyl (C=O) groups excluding carboxylic acids is 2. The van der Waals surface area contributed by atoms with Gasteiger partial charge in [0.25, 0.3) is 5.91 Å². The topological polar surface area (TPSA) is 49.4 Å². The van der Waals surface area contributed by atoms with Crippen LogP contribution in [0, 0.1) is 11.7 Å². The Morgan fingerprint density at radius 1 is 1.42 bits per heavy atom. The predicted octanol–water partition coefficient (Wildman–Crippen LogP) is 2.66. The summed E-state index contributed by atoms with van der Waals surface area (Å²) in [6, 6.07) is 3.29. The van der Waals surface area contributed by atoms with E-state index < -0.39 is 12.1 Å². The molecular weight excluding hydrogens is 315 g/mol. The van der Waals surface area contributed by atoms with E-state index in [0.29, 0.717) is 10.0 Å². The number of benzene rings is 1. The Hall–Kier alpha value is -1.43. The second-order valence-corrected chi connectivity index (χ2v) is 5.69. The van der Waals surface area contributed by atoms with Crippen LogP contribution < -0.4 is 5.32 Å². The van der Waals surface area contributed by atoms with Crippen LogP contribution in [-0.2, 0) is 11.3 Å². The molecule has 0 aromatic heterocycles. The van der Waals surface area contributed by atoms with Gasteiger partial charge in [-0.3, -0.25) is 9.69 Å². The summed E-state index contributed by atoms with van der Waals surface area (Å²) in [5.74, 6) is -0.567. The van der Waals surface area contributed by atoms with Crippen molar-refractivity contribution in [3.8, 4) is 0 Å². The number of urea groups is 1. The lowest BCUT2D eigenvalue weighted by Gasteiger charge is -2.15. The van der Waals surface area contributed by atoms with E-state index in [1.807, 2.05) is 13.8 Å². The molecule has 0 saturated carbocycles. The molecule has 2 rings (SSSR count). The number of amides is 3. The molecule has 0 aliphatic carbocycles. The lowest BCUT2D eigenvalue weighted by molar-refractivity contribution is -0.128. The zero-order valence-corrected chi connectivity index (χ0v) is 12.2. The number of imide groups is 1. The smallest absolute Gasteiger partial charge is 0.325 e. The number of halogens is 2. The molecule has 0 spiro atoms. The zero-order valence-electron chi connectivity index (χ0n) is 10.6. The van der Waals surface area contributed by atoms with Crippen LogP contribution in [0.1, 0.15) is 19.4 Å². The van der Waals surface area contributed by atoms with E-state index in [-0.39, 0.29) is 24.2 Å². The molecule has 1 aromatic carbocycles. The van der Waals surface area contributed by atoms with Crippen LogP contribution in [0.4, 0.5) is 9.18 Å². The summed E-state index contributed by atoms with van der Waals surface area (Å²) in [6.45, 7) is 3.88. The average molecular weight is 329 g/mol. The van der Waals surface area contributed by atoms with Crippen LogP contribution in [0.25, 0.3) is 0 Å². The number of nitrogens with zero attached hydrogens (tertiary/aromatic N) is 1. The normalized spacial score (nSPS) is 19.2. The second-order valence-electron chi connectivity index (χ2n) is 4.83. The van der Waals surface area contributed by atoms with Gasteiger partial charge in [-0.2, -0.15) is 0 Å². The van der Waals surface area contributed by atoms with E-state index in [1.165, 1.54) is 12.1 Å². The maximum Gasteiger partial charge on any atom is 0.325 e. The molecule has 1 fully saturated rings. The number of hydrogen-bond acceptors (Lipinski definition) is 2. The van der Waals surface area contributed by atoms with Gasteiger partial charge < -0.3 is 5.32 Å². The molecule has 1 aliphatic heterocycles. The fourth-order valence-electron chi connectivity index (χ4n) is 1.96. The molecule has 6 heteroatoms. The minimum atomic E-state index is -0.480. The summed E-state index contributed by atoms with van der Waals surface area (Å²) < 4.78 is 13.5. The third kappa shape index (κ3) is 2.78. The Bertz CT molecular complexity index is 533. The molecule has 1 unspecified atom stereocenters. The molecule has 1 atom stereocenters. The van der Waals surface area contributed by atoms with Crippen molar-refractivity contribution < 1.29 is 14.0 Å². The van der Waals surface area contributed by atoms with Crippen molar-refractivity contribution >= 4 is 27.9 Å². The van der Waals surface area contributed by atoms with Crippen molar-refractivity contribution in [2.45, 2.75) is 26.4 Å². The quantitative estimate of drug-likeness (QED) is 0.867. The molecule has 4 nitrogen and oxygen atoms in total. The average Bonchev–Trinajstić information content (AvgIpc) is 2.60. The first-order valence-electron chi connectivity index (χ1n) is 5.96. The van der Waals surface area contributed by atoms with Crippen LogP contribution in [0.15, 0.2) is 22.7 Å². The van der Waals surface area contributed by atoms with Gasteiger partial charge in [-0.25, -0.2) is 9.18 Å². The second kappa shape index (κ2) is 5.28. The molecule has 1 aliphatic rings. The maximum absolute atomic E-state index is 13.0. The molecule has 1 saturated heterocycles. The van der Waals surface area contributed by atoms with Gasteiger partial charge in [-0.15, -0.1) is 0 Å². The minimum Gasteiger partial charge on any atom is -0.326 e. The van der Waals surface area contributed by atoms with Crippen LogP contribution >= 0.6 is 15.9 Å². The Morgan fingerprint density at radius 3 is 2.63 bits per heavy atom. The Morgan fingerprint density at radius 2 is 2.11 bits per heavy atom. The first-order valence-corrected chi connectivity index (χ1v) is 6.75. The number of hydrogen-bond donors (Lipinski definition) is 1. The fraction of sp³-hybridized carbons (Fsp3) is 0.385. The largest absolute Gasteiger partial charge is 0.326 e. The lowest BCUT2D eigenvalue weighted by atomic mass is 10.0. The summed E-state index contributed by atoms with van der Waals surface area (Å²) in [6.07, 6.45) is 0. The SMILES string of the molecule is CC(C)C1NC(=O)N(Cc2ccc(F)cc2Br)C1=O. The van der Waals surface area contributed by atoms with E-state index in [1.54, 1.807) is 6.07 Å². The molecule has 19 heavy (non-hydrogen) atoms. The van der Waals surface area contributed by atoms with Crippen LogP contribution in [-0.4, -0.2) is 22.9 Å². The highest BCUT2D eigenvalue weighted by atomic mass is 79.9. The number of nitrogens with one attached hydrogen (secondary N) is 1. The van der Waals surface area contributed by atoms with E-state index >= 15 is 0 Å². The third-order valence-corrected chi connectivity index (χ3v) is 3.80. The molecular formula is C13H14BrFN2O2. The molecule has 102 valence electrons. The summed E-state index contributed by atoms with van der Waals surface area (Å²) >= 11 is 3.23. The standard InChI is InChI=1S/C13H14BrFN2O2/c1-7(2)11-12(18)17(13(19)16-11)6-8-3-4-9(15)5-10(8)14/h3-5,7,11H,6H2,1-2H3,(H,16,19).